The molecular formula is C13H17FN2S. The molecule has 0 aliphatic carbocycles. The summed E-state index contributed by atoms with van der Waals surface area (Å²) < 4.78 is 13.0. The summed E-state index contributed by atoms with van der Waals surface area (Å²) in [4.78, 5) is 4.57. The summed E-state index contributed by atoms with van der Waals surface area (Å²) in [6.45, 7) is 6.22. The van der Waals surface area contributed by atoms with Crippen LogP contribution in [0.25, 0.3) is 0 Å². The molecule has 0 amide bonds. The Morgan fingerprint density at radius 3 is 2.82 bits per heavy atom. The lowest BCUT2D eigenvalue weighted by atomic mass is 10.2. The van der Waals surface area contributed by atoms with Gasteiger partial charge in [-0.1, -0.05) is 18.7 Å². The average Bonchev–Trinajstić information content (AvgIpc) is 2.21. The van der Waals surface area contributed by atoms with Gasteiger partial charge in [-0.15, -0.1) is 0 Å². The normalized spacial score (nSPS) is 24.4. The maximum Gasteiger partial charge on any atom is 0.161 e. The molecule has 4 heteroatoms. The Bertz CT molecular complexity index is 445. The molecule has 1 aromatic rings. The van der Waals surface area contributed by atoms with Crippen molar-refractivity contribution >= 4 is 22.6 Å². The number of hydrogen-bond acceptors (Lipinski definition) is 3. The lowest BCUT2D eigenvalue weighted by Crippen LogP contribution is -2.23. The molecule has 0 radical (unpaired) electrons. The van der Waals surface area contributed by atoms with Crippen LogP contribution >= 0.6 is 11.8 Å². The van der Waals surface area contributed by atoms with Crippen LogP contribution in [0.4, 0.5) is 10.1 Å². The van der Waals surface area contributed by atoms with E-state index in [9.17, 15) is 4.39 Å². The van der Waals surface area contributed by atoms with Gasteiger partial charge in [-0.25, -0.2) is 4.39 Å². The molecule has 0 aromatic heterocycles. The van der Waals surface area contributed by atoms with Crippen molar-refractivity contribution in [2.24, 2.45) is 4.99 Å². The van der Waals surface area contributed by atoms with Crippen LogP contribution in [0.15, 0.2) is 23.2 Å². The van der Waals surface area contributed by atoms with E-state index in [1.807, 2.05) is 6.92 Å². The highest BCUT2D eigenvalue weighted by Crippen LogP contribution is 2.27. The Kier molecular flexibility index (Phi) is 3.72. The molecule has 2 rings (SSSR count). The Balaban J connectivity index is 2.15. The molecule has 2 unspecified atom stereocenters. The second kappa shape index (κ2) is 5.08. The van der Waals surface area contributed by atoms with Gasteiger partial charge in [0.25, 0.3) is 0 Å². The highest BCUT2D eigenvalue weighted by Gasteiger charge is 2.18. The van der Waals surface area contributed by atoms with Gasteiger partial charge in [-0.3, -0.25) is 4.99 Å². The predicted octanol–water partition coefficient (Wildman–Crippen LogP) is 3.82. The average molecular weight is 252 g/mol. The molecule has 2 atom stereocenters. The van der Waals surface area contributed by atoms with Crippen molar-refractivity contribution in [1.82, 2.24) is 0 Å². The van der Waals surface area contributed by atoms with Gasteiger partial charge in [0.1, 0.15) is 5.82 Å². The Hall–Kier alpha value is -1.03. The smallest absolute Gasteiger partial charge is 0.161 e. The maximum atomic E-state index is 13.0. The van der Waals surface area contributed by atoms with E-state index in [4.69, 9.17) is 0 Å². The fraction of sp³-hybridized carbons (Fsp3) is 0.462. The number of benzene rings is 1. The van der Waals surface area contributed by atoms with Crippen LogP contribution in [0.5, 0.6) is 0 Å². The van der Waals surface area contributed by atoms with E-state index < -0.39 is 0 Å². The van der Waals surface area contributed by atoms with E-state index >= 15 is 0 Å². The Morgan fingerprint density at radius 2 is 2.18 bits per heavy atom. The van der Waals surface area contributed by atoms with Gasteiger partial charge in [0.15, 0.2) is 5.17 Å². The van der Waals surface area contributed by atoms with E-state index in [0.717, 1.165) is 22.8 Å². The molecular weight excluding hydrogens is 235 g/mol. The quantitative estimate of drug-likeness (QED) is 0.821. The van der Waals surface area contributed by atoms with Crippen LogP contribution in [-0.4, -0.2) is 16.5 Å². The van der Waals surface area contributed by atoms with Gasteiger partial charge in [0, 0.05) is 10.9 Å². The van der Waals surface area contributed by atoms with Crippen LogP contribution < -0.4 is 5.32 Å². The van der Waals surface area contributed by atoms with Crippen LogP contribution in [0.2, 0.25) is 0 Å². The fourth-order valence-corrected chi connectivity index (χ4v) is 3.11. The van der Waals surface area contributed by atoms with Crippen molar-refractivity contribution < 1.29 is 4.39 Å². The van der Waals surface area contributed by atoms with E-state index in [0.29, 0.717) is 11.3 Å². The Morgan fingerprint density at radius 1 is 1.41 bits per heavy atom. The van der Waals surface area contributed by atoms with Crippen molar-refractivity contribution in [1.29, 1.82) is 0 Å². The zero-order chi connectivity index (χ0) is 12.4. The third-order valence-electron chi connectivity index (χ3n) is 2.75. The second-order valence-electron chi connectivity index (χ2n) is 4.53. The van der Waals surface area contributed by atoms with Crippen LogP contribution in [-0.2, 0) is 0 Å². The first-order valence-corrected chi connectivity index (χ1v) is 6.70. The number of halogens is 1. The van der Waals surface area contributed by atoms with E-state index in [-0.39, 0.29) is 5.82 Å². The number of rotatable bonds is 1. The SMILES string of the molecule is Cc1cc(F)ccc1NC1=NC(C)CC(C)S1. The van der Waals surface area contributed by atoms with Crippen LogP contribution in [0.3, 0.4) is 0 Å². The number of aryl methyl sites for hydroxylation is 1. The third kappa shape index (κ3) is 3.22. The molecule has 1 aliphatic rings. The molecule has 0 saturated carbocycles. The highest BCUT2D eigenvalue weighted by molar-refractivity contribution is 8.14. The number of aliphatic imine (C=N–C) groups is 1. The first-order valence-electron chi connectivity index (χ1n) is 5.82. The summed E-state index contributed by atoms with van der Waals surface area (Å²) in [5.41, 5.74) is 1.83. The zero-order valence-electron chi connectivity index (χ0n) is 10.3. The lowest BCUT2D eigenvalue weighted by molar-refractivity contribution is 0.627. The van der Waals surface area contributed by atoms with Gasteiger partial charge in [-0.05, 0) is 44.0 Å². The molecule has 1 aliphatic heterocycles. The maximum absolute atomic E-state index is 13.0. The number of thioether (sulfide) groups is 1. The van der Waals surface area contributed by atoms with Gasteiger partial charge in [0.2, 0.25) is 0 Å². The molecule has 0 fully saturated rings. The van der Waals surface area contributed by atoms with Crippen molar-refractivity contribution in [3.63, 3.8) is 0 Å². The molecule has 0 bridgehead atoms. The minimum Gasteiger partial charge on any atom is -0.335 e. The fourth-order valence-electron chi connectivity index (χ4n) is 1.95. The van der Waals surface area contributed by atoms with Crippen LogP contribution in [0, 0.1) is 12.7 Å². The minimum atomic E-state index is -0.201. The minimum absolute atomic E-state index is 0.201. The second-order valence-corrected chi connectivity index (χ2v) is 5.96. The molecule has 17 heavy (non-hydrogen) atoms. The van der Waals surface area contributed by atoms with E-state index in [2.05, 4.69) is 24.2 Å². The first kappa shape index (κ1) is 12.4. The molecule has 1 heterocycles. The van der Waals surface area contributed by atoms with Gasteiger partial charge in [-0.2, -0.15) is 0 Å². The van der Waals surface area contributed by atoms with E-state index in [1.165, 1.54) is 12.1 Å². The molecule has 1 aromatic carbocycles. The van der Waals surface area contributed by atoms with Crippen molar-refractivity contribution in [3.8, 4) is 0 Å². The largest absolute Gasteiger partial charge is 0.335 e. The van der Waals surface area contributed by atoms with Crippen molar-refractivity contribution in [3.05, 3.63) is 29.6 Å². The third-order valence-corrected chi connectivity index (χ3v) is 3.78. The number of hydrogen-bond donors (Lipinski definition) is 1. The summed E-state index contributed by atoms with van der Waals surface area (Å²) in [5.74, 6) is -0.201. The summed E-state index contributed by atoms with van der Waals surface area (Å²) >= 11 is 1.74. The monoisotopic (exact) mass is 252 g/mol. The van der Waals surface area contributed by atoms with Crippen molar-refractivity contribution in [2.75, 3.05) is 5.32 Å². The number of anilines is 1. The summed E-state index contributed by atoms with van der Waals surface area (Å²) in [6.07, 6.45) is 1.11. The van der Waals surface area contributed by atoms with Gasteiger partial charge in [0.05, 0.1) is 6.04 Å². The number of amidine groups is 1. The van der Waals surface area contributed by atoms with Crippen LogP contribution in [0.1, 0.15) is 25.8 Å². The highest BCUT2D eigenvalue weighted by atomic mass is 32.2. The van der Waals surface area contributed by atoms with Crippen molar-refractivity contribution in [2.45, 2.75) is 38.5 Å². The number of nitrogens with zero attached hydrogens (tertiary/aromatic N) is 1. The standard InChI is InChI=1S/C13H17FN2S/c1-8-6-11(14)4-5-12(8)16-13-15-9(2)7-10(3)17-13/h4-6,9-10H,7H2,1-3H3,(H,15,16). The molecule has 92 valence electrons. The molecule has 1 N–H and O–H groups in total. The molecule has 0 saturated heterocycles. The van der Waals surface area contributed by atoms with E-state index in [1.54, 1.807) is 17.8 Å². The van der Waals surface area contributed by atoms with Gasteiger partial charge >= 0.3 is 0 Å². The first-order chi connectivity index (χ1) is 8.04. The zero-order valence-corrected chi connectivity index (χ0v) is 11.1. The Labute approximate surface area is 106 Å². The summed E-state index contributed by atoms with van der Waals surface area (Å²) in [6, 6.07) is 5.12. The lowest BCUT2D eigenvalue weighted by Gasteiger charge is -2.23. The summed E-state index contributed by atoms with van der Waals surface area (Å²) in [7, 11) is 0. The molecule has 0 spiro atoms. The predicted molar refractivity (Wildman–Crippen MR) is 73.3 cm³/mol. The summed E-state index contributed by atoms with van der Waals surface area (Å²) in [5, 5.41) is 4.79. The number of nitrogens with one attached hydrogen (secondary N) is 1. The topological polar surface area (TPSA) is 24.4 Å². The van der Waals surface area contributed by atoms with Gasteiger partial charge < -0.3 is 5.32 Å². The molecule has 2 nitrogen and oxygen atoms in total.